The average Bonchev–Trinajstić information content (AvgIpc) is 2.55. The van der Waals surface area contributed by atoms with Crippen LogP contribution in [0.15, 0.2) is 35.7 Å². The summed E-state index contributed by atoms with van der Waals surface area (Å²) in [4.78, 5) is 12.0. The Labute approximate surface area is 137 Å². The Bertz CT molecular complexity index is 638. The van der Waals surface area contributed by atoms with Gasteiger partial charge in [-0.2, -0.15) is 4.31 Å². The predicted octanol–water partition coefficient (Wildman–Crippen LogP) is 1.44. The van der Waals surface area contributed by atoms with Crippen LogP contribution in [0, 0.1) is 0 Å². The minimum absolute atomic E-state index is 0.196. The molecule has 23 heavy (non-hydrogen) atoms. The molecular formula is C16H23N3O3S. The van der Waals surface area contributed by atoms with Gasteiger partial charge >= 0.3 is 0 Å². The molecule has 0 aliphatic carbocycles. The fourth-order valence-electron chi connectivity index (χ4n) is 2.34. The SMILES string of the molecule is CN(CC(=O)NN1CCCCC1)S(=O)(=O)/C=C/c1ccccc1. The molecule has 126 valence electrons. The van der Waals surface area contributed by atoms with Crippen molar-refractivity contribution >= 4 is 22.0 Å². The smallest absolute Gasteiger partial charge is 0.249 e. The molecule has 7 heteroatoms. The van der Waals surface area contributed by atoms with E-state index >= 15 is 0 Å². The van der Waals surface area contributed by atoms with Crippen molar-refractivity contribution in [3.63, 3.8) is 0 Å². The average molecular weight is 337 g/mol. The monoisotopic (exact) mass is 337 g/mol. The van der Waals surface area contributed by atoms with Crippen molar-refractivity contribution in [2.45, 2.75) is 19.3 Å². The molecule has 0 unspecified atom stereocenters. The lowest BCUT2D eigenvalue weighted by Gasteiger charge is -2.27. The van der Waals surface area contributed by atoms with Gasteiger partial charge in [0.1, 0.15) is 0 Å². The van der Waals surface area contributed by atoms with Crippen molar-refractivity contribution in [2.24, 2.45) is 0 Å². The number of rotatable bonds is 6. The lowest BCUT2D eigenvalue weighted by atomic mass is 10.2. The topological polar surface area (TPSA) is 69.7 Å². The molecular weight excluding hydrogens is 314 g/mol. The van der Waals surface area contributed by atoms with Crippen LogP contribution >= 0.6 is 0 Å². The molecule has 1 saturated heterocycles. The van der Waals surface area contributed by atoms with Gasteiger partial charge in [-0.3, -0.25) is 10.2 Å². The zero-order chi connectivity index (χ0) is 16.7. The summed E-state index contributed by atoms with van der Waals surface area (Å²) in [5.41, 5.74) is 3.55. The first-order valence-electron chi connectivity index (χ1n) is 7.71. The van der Waals surface area contributed by atoms with Crippen molar-refractivity contribution in [3.8, 4) is 0 Å². The zero-order valence-corrected chi connectivity index (χ0v) is 14.1. The number of carbonyl (C=O) groups is 1. The third kappa shape index (κ3) is 5.78. The lowest BCUT2D eigenvalue weighted by Crippen LogP contribution is -2.48. The highest BCUT2D eigenvalue weighted by Gasteiger charge is 2.19. The Morgan fingerprint density at radius 3 is 2.52 bits per heavy atom. The molecule has 1 aromatic carbocycles. The molecule has 2 rings (SSSR count). The van der Waals surface area contributed by atoms with Gasteiger partial charge in [-0.15, -0.1) is 0 Å². The van der Waals surface area contributed by atoms with Crippen LogP contribution in [0.5, 0.6) is 0 Å². The second kappa shape index (κ2) is 8.24. The molecule has 1 N–H and O–H groups in total. The molecule has 6 nitrogen and oxygen atoms in total. The van der Waals surface area contributed by atoms with Gasteiger partial charge in [0, 0.05) is 25.5 Å². The summed E-state index contributed by atoms with van der Waals surface area (Å²) in [6, 6.07) is 9.16. The van der Waals surface area contributed by atoms with Gasteiger partial charge in [0.05, 0.1) is 6.54 Å². The van der Waals surface area contributed by atoms with Crippen molar-refractivity contribution in [1.29, 1.82) is 0 Å². The predicted molar refractivity (Wildman–Crippen MR) is 90.6 cm³/mol. The maximum atomic E-state index is 12.2. The summed E-state index contributed by atoms with van der Waals surface area (Å²) in [5, 5.41) is 2.97. The van der Waals surface area contributed by atoms with E-state index in [1.807, 2.05) is 35.3 Å². The van der Waals surface area contributed by atoms with Gasteiger partial charge in [-0.1, -0.05) is 36.8 Å². The van der Waals surface area contributed by atoms with E-state index in [1.54, 1.807) is 0 Å². The molecule has 0 saturated carbocycles. The molecule has 1 aliphatic rings. The van der Waals surface area contributed by atoms with Crippen LogP contribution in [0.25, 0.3) is 6.08 Å². The second-order valence-electron chi connectivity index (χ2n) is 5.60. The first kappa shape index (κ1) is 17.7. The summed E-state index contributed by atoms with van der Waals surface area (Å²) < 4.78 is 25.4. The standard InChI is InChI=1S/C16H23N3O3S/c1-18(14-16(20)17-19-11-6-3-7-12-19)23(21,22)13-10-15-8-4-2-5-9-15/h2,4-5,8-10,13H,3,6-7,11-12,14H2,1H3,(H,17,20)/b13-10+. The zero-order valence-electron chi connectivity index (χ0n) is 13.3. The van der Waals surface area contributed by atoms with E-state index in [-0.39, 0.29) is 12.5 Å². The first-order chi connectivity index (χ1) is 11.0. The quantitative estimate of drug-likeness (QED) is 0.853. The fourth-order valence-corrected chi connectivity index (χ4v) is 3.18. The van der Waals surface area contributed by atoms with Crippen LogP contribution in [-0.4, -0.2) is 50.3 Å². The van der Waals surface area contributed by atoms with Crippen molar-refractivity contribution in [2.75, 3.05) is 26.7 Å². The van der Waals surface area contributed by atoms with E-state index in [1.165, 1.54) is 19.5 Å². The Balaban J connectivity index is 1.88. The number of piperidine rings is 1. The number of hydrogen-bond donors (Lipinski definition) is 1. The maximum absolute atomic E-state index is 12.2. The highest BCUT2D eigenvalue weighted by molar-refractivity contribution is 7.92. The Morgan fingerprint density at radius 2 is 1.87 bits per heavy atom. The number of nitrogens with one attached hydrogen (secondary N) is 1. The van der Waals surface area contributed by atoms with Crippen LogP contribution in [0.2, 0.25) is 0 Å². The lowest BCUT2D eigenvalue weighted by molar-refractivity contribution is -0.126. The van der Waals surface area contributed by atoms with Gasteiger partial charge in [0.25, 0.3) is 0 Å². The molecule has 0 atom stereocenters. The third-order valence-corrected chi connectivity index (χ3v) is 5.15. The first-order valence-corrected chi connectivity index (χ1v) is 9.21. The van der Waals surface area contributed by atoms with Crippen molar-refractivity contribution < 1.29 is 13.2 Å². The normalized spacial score (nSPS) is 16.8. The number of hydrogen-bond acceptors (Lipinski definition) is 4. The summed E-state index contributed by atoms with van der Waals surface area (Å²) >= 11 is 0. The van der Waals surface area contributed by atoms with Gasteiger partial charge in [-0.25, -0.2) is 13.4 Å². The summed E-state index contributed by atoms with van der Waals surface area (Å²) in [6.45, 7) is 1.43. The Morgan fingerprint density at radius 1 is 1.22 bits per heavy atom. The number of carbonyl (C=O) groups excluding carboxylic acids is 1. The number of nitrogens with zero attached hydrogens (tertiary/aromatic N) is 2. The molecule has 1 aliphatic heterocycles. The number of hydrazine groups is 1. The second-order valence-corrected chi connectivity index (χ2v) is 7.52. The number of benzene rings is 1. The third-order valence-electron chi connectivity index (χ3n) is 3.67. The van der Waals surface area contributed by atoms with Crippen molar-refractivity contribution in [3.05, 3.63) is 41.3 Å². The summed E-state index contributed by atoms with van der Waals surface area (Å²) in [5.74, 6) is -0.314. The Kier molecular flexibility index (Phi) is 6.32. The van der Waals surface area contributed by atoms with E-state index < -0.39 is 10.0 Å². The fraction of sp³-hybridized carbons (Fsp3) is 0.438. The summed E-state index contributed by atoms with van der Waals surface area (Å²) in [7, 11) is -2.22. The minimum atomic E-state index is -3.62. The summed E-state index contributed by atoms with van der Waals surface area (Å²) in [6.07, 6.45) is 4.79. The van der Waals surface area contributed by atoms with E-state index in [9.17, 15) is 13.2 Å². The molecule has 0 bridgehead atoms. The van der Waals surface area contributed by atoms with Gasteiger partial charge < -0.3 is 0 Å². The molecule has 1 fully saturated rings. The molecule has 0 spiro atoms. The largest absolute Gasteiger partial charge is 0.288 e. The highest BCUT2D eigenvalue weighted by Crippen LogP contribution is 2.08. The van der Waals surface area contributed by atoms with Crippen LogP contribution in [-0.2, 0) is 14.8 Å². The van der Waals surface area contributed by atoms with E-state index in [0.717, 1.165) is 41.2 Å². The van der Waals surface area contributed by atoms with Gasteiger partial charge in [0.2, 0.25) is 15.9 Å². The highest BCUT2D eigenvalue weighted by atomic mass is 32.2. The number of amides is 1. The molecule has 1 heterocycles. The number of sulfonamides is 1. The van der Waals surface area contributed by atoms with Crippen molar-refractivity contribution in [1.82, 2.24) is 14.7 Å². The molecule has 0 radical (unpaired) electrons. The number of likely N-dealkylation sites (N-methyl/N-ethyl adjacent to an activating group) is 1. The van der Waals surface area contributed by atoms with Crippen LogP contribution in [0.1, 0.15) is 24.8 Å². The van der Waals surface area contributed by atoms with Gasteiger partial charge in [-0.05, 0) is 24.5 Å². The maximum Gasteiger partial charge on any atom is 0.249 e. The molecule has 1 aromatic rings. The van der Waals surface area contributed by atoms with Crippen LogP contribution in [0.4, 0.5) is 0 Å². The van der Waals surface area contributed by atoms with E-state index in [0.29, 0.717) is 0 Å². The van der Waals surface area contributed by atoms with E-state index in [2.05, 4.69) is 5.43 Å². The van der Waals surface area contributed by atoms with Gasteiger partial charge in [0.15, 0.2) is 0 Å². The minimum Gasteiger partial charge on any atom is -0.288 e. The van der Waals surface area contributed by atoms with Crippen LogP contribution < -0.4 is 5.43 Å². The molecule has 1 amide bonds. The van der Waals surface area contributed by atoms with E-state index in [4.69, 9.17) is 0 Å². The Hall–Kier alpha value is -1.70. The molecule has 0 aromatic heterocycles. The van der Waals surface area contributed by atoms with Crippen LogP contribution in [0.3, 0.4) is 0 Å².